The molecule has 7 nitrogen and oxygen atoms in total. The van der Waals surface area contributed by atoms with Gasteiger partial charge in [0.1, 0.15) is 5.82 Å². The first-order valence-corrected chi connectivity index (χ1v) is 6.27. The van der Waals surface area contributed by atoms with Gasteiger partial charge in [-0.25, -0.2) is 0 Å². The maximum absolute atomic E-state index is 5.58. The van der Waals surface area contributed by atoms with E-state index in [1.165, 1.54) is 11.8 Å². The van der Waals surface area contributed by atoms with E-state index in [-0.39, 0.29) is 0 Å². The Labute approximate surface area is 103 Å². The molecule has 0 saturated heterocycles. The van der Waals surface area contributed by atoms with Crippen LogP contribution in [0.2, 0.25) is 0 Å². The highest BCUT2D eigenvalue weighted by molar-refractivity contribution is 7.98. The molecule has 0 unspecified atom stereocenters. The third-order valence-electron chi connectivity index (χ3n) is 2.18. The predicted octanol–water partition coefficient (Wildman–Crippen LogP) is 0.740. The zero-order valence-corrected chi connectivity index (χ0v) is 10.6. The van der Waals surface area contributed by atoms with Gasteiger partial charge in [-0.2, -0.15) is 0 Å². The van der Waals surface area contributed by atoms with Gasteiger partial charge < -0.3 is 14.7 Å². The summed E-state index contributed by atoms with van der Waals surface area (Å²) in [5, 5.41) is 16.6. The standard InChI is InChI=1S/C9H14N6OS/c1-3-15-7(4-10)12-14-9(15)17-5-8-13-11-6(2)16-8/h3-5,10H2,1-2H3. The Balaban J connectivity index is 2.06. The minimum Gasteiger partial charge on any atom is -0.425 e. The highest BCUT2D eigenvalue weighted by Gasteiger charge is 2.11. The van der Waals surface area contributed by atoms with Crippen molar-refractivity contribution >= 4 is 11.8 Å². The number of rotatable bonds is 5. The molecule has 0 atom stereocenters. The second-order valence-electron chi connectivity index (χ2n) is 3.35. The highest BCUT2D eigenvalue weighted by Crippen LogP contribution is 2.21. The minimum absolute atomic E-state index is 0.390. The molecule has 0 fully saturated rings. The van der Waals surface area contributed by atoms with E-state index < -0.39 is 0 Å². The van der Waals surface area contributed by atoms with Crippen molar-refractivity contribution < 1.29 is 4.42 Å². The summed E-state index contributed by atoms with van der Waals surface area (Å²) in [4.78, 5) is 0. The number of thioether (sulfide) groups is 1. The van der Waals surface area contributed by atoms with Crippen LogP contribution in [0, 0.1) is 6.92 Å². The molecule has 0 spiro atoms. The van der Waals surface area contributed by atoms with E-state index in [1.54, 1.807) is 6.92 Å². The van der Waals surface area contributed by atoms with Crippen molar-refractivity contribution in [3.8, 4) is 0 Å². The van der Waals surface area contributed by atoms with E-state index >= 15 is 0 Å². The first kappa shape index (κ1) is 12.1. The lowest BCUT2D eigenvalue weighted by Crippen LogP contribution is -2.08. The Morgan fingerprint density at radius 2 is 2.12 bits per heavy atom. The normalized spacial score (nSPS) is 11.0. The number of hydrogen-bond acceptors (Lipinski definition) is 7. The number of aryl methyl sites for hydroxylation is 1. The summed E-state index contributed by atoms with van der Waals surface area (Å²) in [6.45, 7) is 4.98. The first-order chi connectivity index (χ1) is 8.24. The number of hydrogen-bond donors (Lipinski definition) is 1. The van der Waals surface area contributed by atoms with Crippen molar-refractivity contribution in [2.24, 2.45) is 5.73 Å². The maximum Gasteiger partial charge on any atom is 0.226 e. The molecule has 17 heavy (non-hydrogen) atoms. The summed E-state index contributed by atoms with van der Waals surface area (Å²) >= 11 is 1.51. The van der Waals surface area contributed by atoms with Gasteiger partial charge in [-0.1, -0.05) is 11.8 Å². The molecule has 0 amide bonds. The van der Waals surface area contributed by atoms with E-state index in [9.17, 15) is 0 Å². The van der Waals surface area contributed by atoms with Crippen LogP contribution in [0.15, 0.2) is 9.57 Å². The van der Waals surface area contributed by atoms with Crippen LogP contribution in [0.1, 0.15) is 24.5 Å². The molecule has 2 heterocycles. The lowest BCUT2D eigenvalue weighted by atomic mass is 10.6. The van der Waals surface area contributed by atoms with Crippen molar-refractivity contribution in [3.63, 3.8) is 0 Å². The van der Waals surface area contributed by atoms with E-state index in [0.29, 0.717) is 24.1 Å². The van der Waals surface area contributed by atoms with Gasteiger partial charge in [0.25, 0.3) is 0 Å². The largest absolute Gasteiger partial charge is 0.425 e. The molecule has 8 heteroatoms. The topological polar surface area (TPSA) is 95.7 Å². The van der Waals surface area contributed by atoms with Crippen molar-refractivity contribution in [3.05, 3.63) is 17.6 Å². The van der Waals surface area contributed by atoms with Crippen LogP contribution in [-0.4, -0.2) is 25.0 Å². The molecule has 2 N–H and O–H groups in total. The Morgan fingerprint density at radius 1 is 1.29 bits per heavy atom. The Bertz CT molecular complexity index is 493. The van der Waals surface area contributed by atoms with Crippen LogP contribution < -0.4 is 5.73 Å². The zero-order valence-electron chi connectivity index (χ0n) is 9.75. The first-order valence-electron chi connectivity index (χ1n) is 5.28. The lowest BCUT2D eigenvalue weighted by molar-refractivity contribution is 0.485. The average molecular weight is 254 g/mol. The molecule has 92 valence electrons. The van der Waals surface area contributed by atoms with Crippen LogP contribution in [0.3, 0.4) is 0 Å². The van der Waals surface area contributed by atoms with Gasteiger partial charge in [0, 0.05) is 13.5 Å². The van der Waals surface area contributed by atoms with Gasteiger partial charge in [0.2, 0.25) is 11.8 Å². The molecule has 2 rings (SSSR count). The maximum atomic E-state index is 5.58. The summed E-state index contributed by atoms with van der Waals surface area (Å²) in [6, 6.07) is 0. The third-order valence-corrected chi connectivity index (χ3v) is 3.14. The second kappa shape index (κ2) is 5.28. The molecular formula is C9H14N6OS. The highest BCUT2D eigenvalue weighted by atomic mass is 32.2. The van der Waals surface area contributed by atoms with Gasteiger partial charge in [-0.3, -0.25) is 0 Å². The predicted molar refractivity (Wildman–Crippen MR) is 62.2 cm³/mol. The van der Waals surface area contributed by atoms with E-state index in [4.69, 9.17) is 10.2 Å². The summed E-state index contributed by atoms with van der Waals surface area (Å²) in [7, 11) is 0. The number of aromatic nitrogens is 5. The monoisotopic (exact) mass is 254 g/mol. The number of nitrogens with zero attached hydrogens (tertiary/aromatic N) is 5. The van der Waals surface area contributed by atoms with Gasteiger partial charge in [0.15, 0.2) is 5.16 Å². The SMILES string of the molecule is CCn1c(CN)nnc1SCc1nnc(C)o1. The van der Waals surface area contributed by atoms with Crippen LogP contribution in [0.4, 0.5) is 0 Å². The fourth-order valence-electron chi connectivity index (χ4n) is 1.42. The Morgan fingerprint density at radius 3 is 2.71 bits per heavy atom. The summed E-state index contributed by atoms with van der Waals surface area (Å²) in [6.07, 6.45) is 0. The van der Waals surface area contributed by atoms with E-state index in [0.717, 1.165) is 17.5 Å². The van der Waals surface area contributed by atoms with Crippen molar-refractivity contribution in [2.45, 2.75) is 37.8 Å². The van der Waals surface area contributed by atoms with Crippen LogP contribution in [-0.2, 0) is 18.8 Å². The second-order valence-corrected chi connectivity index (χ2v) is 4.29. The molecule has 0 aromatic carbocycles. The Kier molecular flexibility index (Phi) is 3.75. The van der Waals surface area contributed by atoms with Gasteiger partial charge in [-0.05, 0) is 6.92 Å². The average Bonchev–Trinajstić information content (AvgIpc) is 2.91. The van der Waals surface area contributed by atoms with Crippen molar-refractivity contribution in [1.29, 1.82) is 0 Å². The molecule has 0 saturated carbocycles. The van der Waals surface area contributed by atoms with Crippen molar-refractivity contribution in [1.82, 2.24) is 25.0 Å². The molecule has 2 aromatic heterocycles. The molecule has 0 aliphatic rings. The molecule has 0 aliphatic carbocycles. The quantitative estimate of drug-likeness (QED) is 0.786. The van der Waals surface area contributed by atoms with Gasteiger partial charge in [0.05, 0.1) is 12.3 Å². The van der Waals surface area contributed by atoms with E-state index in [1.807, 2.05) is 11.5 Å². The third kappa shape index (κ3) is 2.64. The van der Waals surface area contributed by atoms with E-state index in [2.05, 4.69) is 20.4 Å². The zero-order chi connectivity index (χ0) is 12.3. The van der Waals surface area contributed by atoms with Crippen LogP contribution >= 0.6 is 11.8 Å². The summed E-state index contributed by atoms with van der Waals surface area (Å²) in [5.74, 6) is 2.54. The molecule has 0 radical (unpaired) electrons. The van der Waals surface area contributed by atoms with Crippen LogP contribution in [0.25, 0.3) is 0 Å². The fraction of sp³-hybridized carbons (Fsp3) is 0.556. The number of nitrogens with two attached hydrogens (primary N) is 1. The van der Waals surface area contributed by atoms with Crippen molar-refractivity contribution in [2.75, 3.05) is 0 Å². The van der Waals surface area contributed by atoms with Gasteiger partial charge in [-0.15, -0.1) is 20.4 Å². The molecular weight excluding hydrogens is 240 g/mol. The molecule has 0 aliphatic heterocycles. The minimum atomic E-state index is 0.390. The molecule has 2 aromatic rings. The smallest absolute Gasteiger partial charge is 0.226 e. The summed E-state index contributed by atoms with van der Waals surface area (Å²) in [5.41, 5.74) is 5.58. The lowest BCUT2D eigenvalue weighted by Gasteiger charge is -2.04. The summed E-state index contributed by atoms with van der Waals surface area (Å²) < 4.78 is 7.27. The van der Waals surface area contributed by atoms with Crippen LogP contribution in [0.5, 0.6) is 0 Å². The van der Waals surface area contributed by atoms with Gasteiger partial charge >= 0.3 is 0 Å². The Hall–Kier alpha value is -1.41. The molecule has 0 bridgehead atoms. The fourth-order valence-corrected chi connectivity index (χ4v) is 2.27.